The van der Waals surface area contributed by atoms with E-state index >= 15 is 0 Å². The van der Waals surface area contributed by atoms with Gasteiger partial charge in [-0.2, -0.15) is 0 Å². The number of hydrogen-bond acceptors (Lipinski definition) is 4. The molecular weight excluding hydrogens is 294 g/mol. The number of benzene rings is 2. The van der Waals surface area contributed by atoms with Gasteiger partial charge in [-0.05, 0) is 36.8 Å². The zero-order valence-corrected chi connectivity index (χ0v) is 13.4. The minimum atomic E-state index is -0.187. The van der Waals surface area contributed by atoms with Gasteiger partial charge in [-0.25, -0.2) is 0 Å². The smallest absolute Gasteiger partial charge is 0.258 e. The van der Waals surface area contributed by atoms with Crippen molar-refractivity contribution < 1.29 is 19.0 Å². The van der Waals surface area contributed by atoms with Gasteiger partial charge in [0.25, 0.3) is 5.91 Å². The fraction of sp³-hybridized carbons (Fsp3) is 0.278. The van der Waals surface area contributed by atoms with E-state index in [1.807, 2.05) is 43.3 Å². The van der Waals surface area contributed by atoms with Crippen molar-refractivity contribution >= 4 is 5.91 Å². The lowest BCUT2D eigenvalue weighted by atomic mass is 10.2. The summed E-state index contributed by atoms with van der Waals surface area (Å²) >= 11 is 0. The number of amides is 1. The van der Waals surface area contributed by atoms with Gasteiger partial charge in [0.1, 0.15) is 12.4 Å². The average Bonchev–Trinajstić information content (AvgIpc) is 2.58. The number of rotatable bonds is 8. The monoisotopic (exact) mass is 315 g/mol. The van der Waals surface area contributed by atoms with Crippen LogP contribution >= 0.6 is 0 Å². The Kier molecular flexibility index (Phi) is 6.29. The van der Waals surface area contributed by atoms with Crippen LogP contribution in [-0.4, -0.2) is 32.8 Å². The third kappa shape index (κ3) is 5.54. The van der Waals surface area contributed by atoms with E-state index < -0.39 is 0 Å². The first-order valence-corrected chi connectivity index (χ1v) is 7.41. The third-order valence-corrected chi connectivity index (χ3v) is 3.11. The first-order valence-electron chi connectivity index (χ1n) is 7.41. The van der Waals surface area contributed by atoms with Crippen LogP contribution in [0.15, 0.2) is 48.5 Å². The molecule has 0 unspecified atom stereocenters. The molecule has 0 aliphatic heterocycles. The molecule has 1 amide bonds. The normalized spacial score (nSPS) is 10.0. The quantitative estimate of drug-likeness (QED) is 0.761. The maximum absolute atomic E-state index is 11.7. The van der Waals surface area contributed by atoms with Crippen molar-refractivity contribution in [1.29, 1.82) is 0 Å². The van der Waals surface area contributed by atoms with Crippen molar-refractivity contribution in [1.82, 2.24) is 5.32 Å². The zero-order valence-electron chi connectivity index (χ0n) is 13.4. The van der Waals surface area contributed by atoms with Crippen molar-refractivity contribution in [3.63, 3.8) is 0 Å². The SMILES string of the molecule is COc1cc(C)ccc1OCCNC(=O)COc1ccccc1. The number of carbonyl (C=O) groups excluding carboxylic acids is 1. The average molecular weight is 315 g/mol. The predicted molar refractivity (Wildman–Crippen MR) is 88.2 cm³/mol. The van der Waals surface area contributed by atoms with Crippen molar-refractivity contribution in [2.45, 2.75) is 6.92 Å². The Hall–Kier alpha value is -2.69. The standard InChI is InChI=1S/C18H21NO4/c1-14-8-9-16(17(12-14)21-2)22-11-10-19-18(20)13-23-15-6-4-3-5-7-15/h3-9,12H,10-11,13H2,1-2H3,(H,19,20). The van der Waals surface area contributed by atoms with Crippen molar-refractivity contribution in [3.8, 4) is 17.2 Å². The highest BCUT2D eigenvalue weighted by atomic mass is 16.5. The molecule has 0 aliphatic carbocycles. The van der Waals surface area contributed by atoms with Gasteiger partial charge >= 0.3 is 0 Å². The van der Waals surface area contributed by atoms with E-state index in [1.54, 1.807) is 19.2 Å². The molecule has 5 nitrogen and oxygen atoms in total. The van der Waals surface area contributed by atoms with Crippen LogP contribution in [0.25, 0.3) is 0 Å². The first kappa shape index (κ1) is 16.7. The van der Waals surface area contributed by atoms with Crippen LogP contribution in [0, 0.1) is 6.92 Å². The van der Waals surface area contributed by atoms with Gasteiger partial charge in [-0.1, -0.05) is 24.3 Å². The molecule has 0 heterocycles. The van der Waals surface area contributed by atoms with Crippen LogP contribution in [0.3, 0.4) is 0 Å². The van der Waals surface area contributed by atoms with Crippen LogP contribution in [0.1, 0.15) is 5.56 Å². The largest absolute Gasteiger partial charge is 0.493 e. The Morgan fingerprint density at radius 2 is 1.83 bits per heavy atom. The van der Waals surface area contributed by atoms with E-state index in [0.29, 0.717) is 30.4 Å². The molecule has 0 radical (unpaired) electrons. The molecule has 0 spiro atoms. The molecule has 2 aromatic rings. The fourth-order valence-electron chi connectivity index (χ4n) is 1.96. The second kappa shape index (κ2) is 8.68. The Bertz CT molecular complexity index is 628. The summed E-state index contributed by atoms with van der Waals surface area (Å²) in [6.45, 7) is 2.72. The van der Waals surface area contributed by atoms with Crippen molar-refractivity contribution in [2.75, 3.05) is 26.9 Å². The number of para-hydroxylation sites is 1. The maximum Gasteiger partial charge on any atom is 0.258 e. The number of carbonyl (C=O) groups is 1. The predicted octanol–water partition coefficient (Wildman–Crippen LogP) is 2.58. The molecule has 1 N–H and O–H groups in total. The molecule has 122 valence electrons. The Morgan fingerprint density at radius 1 is 1.04 bits per heavy atom. The van der Waals surface area contributed by atoms with E-state index in [9.17, 15) is 4.79 Å². The number of methoxy groups -OCH3 is 1. The van der Waals surface area contributed by atoms with E-state index in [0.717, 1.165) is 5.56 Å². The summed E-state index contributed by atoms with van der Waals surface area (Å²) < 4.78 is 16.2. The summed E-state index contributed by atoms with van der Waals surface area (Å²) in [4.78, 5) is 11.7. The summed E-state index contributed by atoms with van der Waals surface area (Å²) in [5.41, 5.74) is 1.10. The lowest BCUT2D eigenvalue weighted by molar-refractivity contribution is -0.123. The molecule has 0 atom stereocenters. The lowest BCUT2D eigenvalue weighted by Gasteiger charge is -2.12. The second-order valence-corrected chi connectivity index (χ2v) is 4.95. The van der Waals surface area contributed by atoms with E-state index in [-0.39, 0.29) is 12.5 Å². The van der Waals surface area contributed by atoms with E-state index in [1.165, 1.54) is 0 Å². The van der Waals surface area contributed by atoms with Crippen LogP contribution in [0.5, 0.6) is 17.2 Å². The van der Waals surface area contributed by atoms with Crippen LogP contribution in [0.2, 0.25) is 0 Å². The Labute approximate surface area is 136 Å². The Morgan fingerprint density at radius 3 is 2.57 bits per heavy atom. The van der Waals surface area contributed by atoms with Gasteiger partial charge in [0.05, 0.1) is 13.7 Å². The fourth-order valence-corrected chi connectivity index (χ4v) is 1.96. The molecule has 0 aromatic heterocycles. The number of nitrogens with one attached hydrogen (secondary N) is 1. The molecule has 0 saturated carbocycles. The zero-order chi connectivity index (χ0) is 16.5. The van der Waals surface area contributed by atoms with Crippen molar-refractivity contribution in [3.05, 3.63) is 54.1 Å². The molecule has 0 fully saturated rings. The summed E-state index contributed by atoms with van der Waals surface area (Å²) in [6, 6.07) is 14.9. The highest BCUT2D eigenvalue weighted by Gasteiger charge is 2.05. The molecule has 2 aromatic carbocycles. The van der Waals surface area contributed by atoms with Crippen molar-refractivity contribution in [2.24, 2.45) is 0 Å². The number of hydrogen-bond donors (Lipinski definition) is 1. The summed E-state index contributed by atoms with van der Waals surface area (Å²) in [7, 11) is 1.60. The minimum Gasteiger partial charge on any atom is -0.493 e. The molecule has 0 aliphatic rings. The molecular formula is C18H21NO4. The van der Waals surface area contributed by atoms with Crippen LogP contribution in [0.4, 0.5) is 0 Å². The van der Waals surface area contributed by atoms with Crippen LogP contribution < -0.4 is 19.5 Å². The minimum absolute atomic E-state index is 0.0160. The van der Waals surface area contributed by atoms with Gasteiger partial charge in [0.2, 0.25) is 0 Å². The highest BCUT2D eigenvalue weighted by Crippen LogP contribution is 2.27. The lowest BCUT2D eigenvalue weighted by Crippen LogP contribution is -2.32. The highest BCUT2D eigenvalue weighted by molar-refractivity contribution is 5.77. The van der Waals surface area contributed by atoms with Gasteiger partial charge in [-0.15, -0.1) is 0 Å². The maximum atomic E-state index is 11.7. The second-order valence-electron chi connectivity index (χ2n) is 4.95. The molecule has 2 rings (SSSR count). The third-order valence-electron chi connectivity index (χ3n) is 3.11. The summed E-state index contributed by atoms with van der Waals surface area (Å²) in [5.74, 6) is 1.83. The molecule has 5 heteroatoms. The van der Waals surface area contributed by atoms with Crippen LogP contribution in [-0.2, 0) is 4.79 Å². The van der Waals surface area contributed by atoms with Gasteiger partial charge in [0.15, 0.2) is 18.1 Å². The Balaban J connectivity index is 1.68. The molecule has 0 saturated heterocycles. The van der Waals surface area contributed by atoms with Gasteiger partial charge in [-0.3, -0.25) is 4.79 Å². The number of ether oxygens (including phenoxy) is 3. The van der Waals surface area contributed by atoms with E-state index in [2.05, 4.69) is 5.32 Å². The topological polar surface area (TPSA) is 56.8 Å². The van der Waals surface area contributed by atoms with E-state index in [4.69, 9.17) is 14.2 Å². The number of aryl methyl sites for hydroxylation is 1. The summed E-state index contributed by atoms with van der Waals surface area (Å²) in [5, 5.41) is 2.74. The van der Waals surface area contributed by atoms with Gasteiger partial charge < -0.3 is 19.5 Å². The molecule has 23 heavy (non-hydrogen) atoms. The first-order chi connectivity index (χ1) is 11.2. The van der Waals surface area contributed by atoms with Gasteiger partial charge in [0, 0.05) is 0 Å². The summed E-state index contributed by atoms with van der Waals surface area (Å²) in [6.07, 6.45) is 0. The molecule has 0 bridgehead atoms.